The third kappa shape index (κ3) is 5.54. The number of nitrogens with one attached hydrogen (secondary N) is 1. The van der Waals surface area contributed by atoms with E-state index in [1.165, 1.54) is 31.6 Å². The van der Waals surface area contributed by atoms with E-state index >= 15 is 0 Å². The Morgan fingerprint density at radius 3 is 2.25 bits per heavy atom. The number of quaternary nitrogens is 1. The van der Waals surface area contributed by atoms with Gasteiger partial charge in [0.05, 0.1) is 26.2 Å². The summed E-state index contributed by atoms with van der Waals surface area (Å²) >= 11 is 0. The zero-order valence-corrected chi connectivity index (χ0v) is 14.0. The van der Waals surface area contributed by atoms with Crippen LogP contribution in [0.2, 0.25) is 0 Å². The van der Waals surface area contributed by atoms with E-state index in [1.807, 2.05) is 0 Å². The lowest BCUT2D eigenvalue weighted by Crippen LogP contribution is -3.11. The van der Waals surface area contributed by atoms with Crippen LogP contribution in [-0.2, 0) is 5.41 Å². The lowest BCUT2D eigenvalue weighted by Gasteiger charge is -2.22. The van der Waals surface area contributed by atoms with Crippen molar-refractivity contribution in [3.05, 3.63) is 29.8 Å². The average Bonchev–Trinajstić information content (AvgIpc) is 2.42. The van der Waals surface area contributed by atoms with E-state index in [4.69, 9.17) is 4.74 Å². The van der Waals surface area contributed by atoms with Crippen molar-refractivity contribution in [1.29, 1.82) is 0 Å². The molecule has 0 radical (unpaired) electrons. The number of hydrogen-bond donors (Lipinski definition) is 1. The van der Waals surface area contributed by atoms with Gasteiger partial charge in [0.25, 0.3) is 0 Å². The maximum absolute atomic E-state index is 6.00. The summed E-state index contributed by atoms with van der Waals surface area (Å²) in [6.45, 7) is 15.8. The van der Waals surface area contributed by atoms with Crippen LogP contribution in [0.5, 0.6) is 5.75 Å². The van der Waals surface area contributed by atoms with Gasteiger partial charge < -0.3 is 9.64 Å². The number of rotatable bonds is 8. The van der Waals surface area contributed by atoms with E-state index in [2.05, 4.69) is 58.9 Å². The minimum absolute atomic E-state index is 0.141. The van der Waals surface area contributed by atoms with Gasteiger partial charge in [-0.25, -0.2) is 0 Å². The second-order valence-corrected chi connectivity index (χ2v) is 6.51. The van der Waals surface area contributed by atoms with Crippen molar-refractivity contribution >= 4 is 0 Å². The molecule has 1 N–H and O–H groups in total. The van der Waals surface area contributed by atoms with Crippen molar-refractivity contribution in [2.75, 3.05) is 26.2 Å². The van der Waals surface area contributed by atoms with E-state index in [0.717, 1.165) is 18.8 Å². The second-order valence-electron chi connectivity index (χ2n) is 6.51. The maximum atomic E-state index is 6.00. The lowest BCUT2D eigenvalue weighted by atomic mass is 9.86. The van der Waals surface area contributed by atoms with Crippen molar-refractivity contribution in [2.24, 2.45) is 0 Å². The SMILES string of the molecule is CC[NH+](CC)CCCCOc1ccccc1C(C)(C)C. The van der Waals surface area contributed by atoms with Gasteiger partial charge >= 0.3 is 0 Å². The molecule has 20 heavy (non-hydrogen) atoms. The topological polar surface area (TPSA) is 13.7 Å². The maximum Gasteiger partial charge on any atom is 0.123 e. The molecule has 0 aliphatic carbocycles. The van der Waals surface area contributed by atoms with Gasteiger partial charge in [-0.15, -0.1) is 0 Å². The van der Waals surface area contributed by atoms with Gasteiger partial charge in [-0.3, -0.25) is 0 Å². The lowest BCUT2D eigenvalue weighted by molar-refractivity contribution is -0.896. The van der Waals surface area contributed by atoms with Crippen molar-refractivity contribution in [3.8, 4) is 5.75 Å². The van der Waals surface area contributed by atoms with Crippen LogP contribution in [-0.4, -0.2) is 26.2 Å². The highest BCUT2D eigenvalue weighted by molar-refractivity contribution is 5.38. The summed E-state index contributed by atoms with van der Waals surface area (Å²) in [5, 5.41) is 0. The smallest absolute Gasteiger partial charge is 0.123 e. The number of para-hydroxylation sites is 1. The van der Waals surface area contributed by atoms with Crippen molar-refractivity contribution < 1.29 is 9.64 Å². The number of unbranched alkanes of at least 4 members (excludes halogenated alkanes) is 1. The highest BCUT2D eigenvalue weighted by Crippen LogP contribution is 2.30. The van der Waals surface area contributed by atoms with E-state index in [9.17, 15) is 0 Å². The molecule has 2 nitrogen and oxygen atoms in total. The zero-order valence-electron chi connectivity index (χ0n) is 14.0. The summed E-state index contributed by atoms with van der Waals surface area (Å²) in [5.74, 6) is 1.05. The first-order valence-corrected chi connectivity index (χ1v) is 8.05. The van der Waals surface area contributed by atoms with E-state index < -0.39 is 0 Å². The molecule has 1 rings (SSSR count). The molecular formula is C18H32NO+. The number of ether oxygens (including phenoxy) is 1. The average molecular weight is 278 g/mol. The fraction of sp³-hybridized carbons (Fsp3) is 0.667. The van der Waals surface area contributed by atoms with Crippen LogP contribution in [0, 0.1) is 0 Å². The molecule has 0 aliphatic heterocycles. The fourth-order valence-corrected chi connectivity index (χ4v) is 2.47. The molecule has 0 fully saturated rings. The molecule has 0 bridgehead atoms. The molecular weight excluding hydrogens is 246 g/mol. The molecule has 0 saturated carbocycles. The van der Waals surface area contributed by atoms with E-state index in [-0.39, 0.29) is 5.41 Å². The summed E-state index contributed by atoms with van der Waals surface area (Å²) in [6, 6.07) is 8.42. The summed E-state index contributed by atoms with van der Waals surface area (Å²) in [5.41, 5.74) is 1.44. The Kier molecular flexibility index (Phi) is 7.08. The summed E-state index contributed by atoms with van der Waals surface area (Å²) in [4.78, 5) is 1.68. The van der Waals surface area contributed by atoms with Gasteiger partial charge in [-0.2, -0.15) is 0 Å². The Bertz CT molecular complexity index is 377. The van der Waals surface area contributed by atoms with Gasteiger partial charge in [-0.05, 0) is 43.7 Å². The quantitative estimate of drug-likeness (QED) is 0.722. The summed E-state index contributed by atoms with van der Waals surface area (Å²) in [7, 11) is 0. The van der Waals surface area contributed by atoms with Crippen LogP contribution in [0.1, 0.15) is 53.0 Å². The predicted molar refractivity (Wildman–Crippen MR) is 86.8 cm³/mol. The van der Waals surface area contributed by atoms with Crippen molar-refractivity contribution in [1.82, 2.24) is 0 Å². The van der Waals surface area contributed by atoms with Crippen LogP contribution < -0.4 is 9.64 Å². The molecule has 2 heteroatoms. The predicted octanol–water partition coefficient (Wildman–Crippen LogP) is 3.07. The fourth-order valence-electron chi connectivity index (χ4n) is 2.47. The Morgan fingerprint density at radius 1 is 1.00 bits per heavy atom. The normalized spacial score (nSPS) is 11.9. The van der Waals surface area contributed by atoms with Crippen LogP contribution in [0.15, 0.2) is 24.3 Å². The Hall–Kier alpha value is -1.02. The molecule has 0 aliphatic rings. The number of hydrogen-bond acceptors (Lipinski definition) is 1. The molecule has 0 amide bonds. The molecule has 0 atom stereocenters. The van der Waals surface area contributed by atoms with Gasteiger partial charge in [0.15, 0.2) is 0 Å². The highest BCUT2D eigenvalue weighted by Gasteiger charge is 2.18. The first-order valence-electron chi connectivity index (χ1n) is 8.05. The van der Waals surface area contributed by atoms with Crippen LogP contribution >= 0.6 is 0 Å². The monoisotopic (exact) mass is 278 g/mol. The van der Waals surface area contributed by atoms with Crippen LogP contribution in [0.3, 0.4) is 0 Å². The van der Waals surface area contributed by atoms with Gasteiger partial charge in [0.1, 0.15) is 5.75 Å². The minimum atomic E-state index is 0.141. The number of benzene rings is 1. The van der Waals surface area contributed by atoms with Gasteiger partial charge in [0, 0.05) is 0 Å². The molecule has 1 aromatic rings. The van der Waals surface area contributed by atoms with Crippen molar-refractivity contribution in [2.45, 2.75) is 52.9 Å². The van der Waals surface area contributed by atoms with Crippen LogP contribution in [0.25, 0.3) is 0 Å². The molecule has 0 heterocycles. The molecule has 0 spiro atoms. The molecule has 114 valence electrons. The summed E-state index contributed by atoms with van der Waals surface area (Å²) < 4.78 is 6.00. The van der Waals surface area contributed by atoms with E-state index in [0.29, 0.717) is 0 Å². The molecule has 0 aromatic heterocycles. The van der Waals surface area contributed by atoms with Crippen LogP contribution in [0.4, 0.5) is 0 Å². The Balaban J connectivity index is 2.39. The largest absolute Gasteiger partial charge is 0.493 e. The molecule has 1 aromatic carbocycles. The van der Waals surface area contributed by atoms with Gasteiger partial charge in [0.2, 0.25) is 0 Å². The third-order valence-corrected chi connectivity index (χ3v) is 3.88. The molecule has 0 unspecified atom stereocenters. The zero-order chi connectivity index (χ0) is 15.0. The van der Waals surface area contributed by atoms with Gasteiger partial charge in [-0.1, -0.05) is 39.0 Å². The Labute approximate surface area is 125 Å². The first kappa shape index (κ1) is 17.0. The minimum Gasteiger partial charge on any atom is -0.493 e. The highest BCUT2D eigenvalue weighted by atomic mass is 16.5. The summed E-state index contributed by atoms with van der Waals surface area (Å²) in [6.07, 6.45) is 2.39. The van der Waals surface area contributed by atoms with Crippen molar-refractivity contribution in [3.63, 3.8) is 0 Å². The van der Waals surface area contributed by atoms with E-state index in [1.54, 1.807) is 4.90 Å². The Morgan fingerprint density at radius 2 is 1.65 bits per heavy atom. The standard InChI is InChI=1S/C18H31NO/c1-6-19(7-2)14-10-11-15-20-17-13-9-8-12-16(17)18(3,4)5/h8-9,12-13H,6-7,10-11,14-15H2,1-5H3/p+1. The third-order valence-electron chi connectivity index (χ3n) is 3.88. The first-order chi connectivity index (χ1) is 9.49. The second kappa shape index (κ2) is 8.31. The molecule has 0 saturated heterocycles.